The molecule has 8 heteroatoms. The second kappa shape index (κ2) is 8.85. The van der Waals surface area contributed by atoms with Crippen LogP contribution < -0.4 is 11.1 Å². The van der Waals surface area contributed by atoms with Gasteiger partial charge in [-0.3, -0.25) is 14.6 Å². The maximum atomic E-state index is 15.2. The van der Waals surface area contributed by atoms with Crippen molar-refractivity contribution in [2.45, 2.75) is 45.7 Å². The summed E-state index contributed by atoms with van der Waals surface area (Å²) in [7, 11) is 0. The molecule has 3 N–H and O–H groups in total. The van der Waals surface area contributed by atoms with E-state index in [1.165, 1.54) is 6.07 Å². The molecular formula is C26H28FN5O2. The molecule has 3 aromatic rings. The number of hydrogen-bond donors (Lipinski definition) is 2. The molecule has 176 valence electrons. The second-order valence-electron chi connectivity index (χ2n) is 9.03. The maximum absolute atomic E-state index is 15.2. The highest BCUT2D eigenvalue weighted by Gasteiger charge is 2.30. The molecule has 0 aliphatic carbocycles. The van der Waals surface area contributed by atoms with Gasteiger partial charge in [-0.2, -0.15) is 0 Å². The molecule has 0 unspecified atom stereocenters. The SMILES string of the molecule is CCN1Cc2c(ccnc2N[C@@H](C)c2ccc(-c3ccnc(C(C)(C)C(N)=O)c3)c(F)c2)C1=O. The molecule has 0 fully saturated rings. The number of aromatic nitrogens is 2. The summed E-state index contributed by atoms with van der Waals surface area (Å²) in [5, 5.41) is 3.33. The lowest BCUT2D eigenvalue weighted by atomic mass is 9.86. The smallest absolute Gasteiger partial charge is 0.254 e. The van der Waals surface area contributed by atoms with Gasteiger partial charge in [0.15, 0.2) is 0 Å². The first-order valence-electron chi connectivity index (χ1n) is 11.2. The number of nitrogens with two attached hydrogens (primary N) is 1. The molecule has 1 aliphatic rings. The number of primary amides is 1. The van der Waals surface area contributed by atoms with Crippen molar-refractivity contribution in [3.8, 4) is 11.1 Å². The normalized spacial score (nSPS) is 14.1. The van der Waals surface area contributed by atoms with E-state index >= 15 is 4.39 Å². The molecule has 1 aliphatic heterocycles. The summed E-state index contributed by atoms with van der Waals surface area (Å²) in [6.45, 7) is 8.38. The van der Waals surface area contributed by atoms with Crippen LogP contribution in [0.5, 0.6) is 0 Å². The average molecular weight is 462 g/mol. The van der Waals surface area contributed by atoms with E-state index in [4.69, 9.17) is 5.73 Å². The van der Waals surface area contributed by atoms with Crippen LogP contribution in [0.2, 0.25) is 0 Å². The highest BCUT2D eigenvalue weighted by molar-refractivity contribution is 5.99. The molecule has 1 aromatic carbocycles. The molecule has 34 heavy (non-hydrogen) atoms. The topological polar surface area (TPSA) is 101 Å². The van der Waals surface area contributed by atoms with Crippen LogP contribution in [-0.2, 0) is 16.8 Å². The Hall–Kier alpha value is -3.81. The van der Waals surface area contributed by atoms with Gasteiger partial charge in [0.1, 0.15) is 11.6 Å². The first kappa shape index (κ1) is 23.4. The molecule has 0 saturated heterocycles. The van der Waals surface area contributed by atoms with E-state index in [1.807, 2.05) is 19.9 Å². The van der Waals surface area contributed by atoms with Crippen molar-refractivity contribution in [2.75, 3.05) is 11.9 Å². The van der Waals surface area contributed by atoms with E-state index in [1.54, 1.807) is 55.4 Å². The lowest BCUT2D eigenvalue weighted by Crippen LogP contribution is -2.36. The van der Waals surface area contributed by atoms with Crippen molar-refractivity contribution in [2.24, 2.45) is 5.73 Å². The summed E-state index contributed by atoms with van der Waals surface area (Å²) >= 11 is 0. The number of hydrogen-bond acceptors (Lipinski definition) is 5. The zero-order chi connectivity index (χ0) is 24.6. The van der Waals surface area contributed by atoms with Gasteiger partial charge in [-0.05, 0) is 63.1 Å². The number of nitrogens with zero attached hydrogens (tertiary/aromatic N) is 3. The Kier molecular flexibility index (Phi) is 6.08. The number of carbonyl (C=O) groups excluding carboxylic acids is 2. The predicted molar refractivity (Wildman–Crippen MR) is 129 cm³/mol. The summed E-state index contributed by atoms with van der Waals surface area (Å²) in [5.74, 6) is -0.259. The fraction of sp³-hybridized carbons (Fsp3) is 0.308. The van der Waals surface area contributed by atoms with E-state index in [2.05, 4.69) is 15.3 Å². The Bertz CT molecular complexity index is 1270. The lowest BCUT2D eigenvalue weighted by Gasteiger charge is -2.21. The molecule has 3 heterocycles. The Balaban J connectivity index is 1.59. The Morgan fingerprint density at radius 1 is 1.18 bits per heavy atom. The summed E-state index contributed by atoms with van der Waals surface area (Å²) < 4.78 is 15.2. The predicted octanol–water partition coefficient (Wildman–Crippen LogP) is 4.19. The van der Waals surface area contributed by atoms with Crippen LogP contribution in [0.1, 0.15) is 60.9 Å². The number of fused-ring (bicyclic) bond motifs is 1. The van der Waals surface area contributed by atoms with Crippen molar-refractivity contribution in [3.05, 3.63) is 77.0 Å². The van der Waals surface area contributed by atoms with Crippen molar-refractivity contribution < 1.29 is 14.0 Å². The zero-order valence-electron chi connectivity index (χ0n) is 19.7. The molecule has 7 nitrogen and oxygen atoms in total. The molecular weight excluding hydrogens is 433 g/mol. The van der Waals surface area contributed by atoms with Gasteiger partial charge >= 0.3 is 0 Å². The van der Waals surface area contributed by atoms with E-state index < -0.39 is 17.1 Å². The van der Waals surface area contributed by atoms with Crippen molar-refractivity contribution in [3.63, 3.8) is 0 Å². The number of anilines is 1. The molecule has 0 saturated carbocycles. The Morgan fingerprint density at radius 3 is 2.59 bits per heavy atom. The maximum Gasteiger partial charge on any atom is 0.254 e. The van der Waals surface area contributed by atoms with Crippen molar-refractivity contribution in [1.29, 1.82) is 0 Å². The van der Waals surface area contributed by atoms with Crippen LogP contribution in [0.25, 0.3) is 11.1 Å². The molecule has 0 bridgehead atoms. The van der Waals surface area contributed by atoms with Crippen LogP contribution >= 0.6 is 0 Å². The van der Waals surface area contributed by atoms with Gasteiger partial charge < -0.3 is 16.0 Å². The summed E-state index contributed by atoms with van der Waals surface area (Å²) in [4.78, 5) is 34.7. The minimum Gasteiger partial charge on any atom is -0.369 e. The summed E-state index contributed by atoms with van der Waals surface area (Å²) in [6.07, 6.45) is 3.17. The van der Waals surface area contributed by atoms with Crippen molar-refractivity contribution >= 4 is 17.6 Å². The molecule has 0 radical (unpaired) electrons. The minimum absolute atomic E-state index is 0.00207. The first-order valence-corrected chi connectivity index (χ1v) is 11.2. The molecule has 2 amide bonds. The molecule has 4 rings (SSSR count). The number of pyridine rings is 2. The number of carbonyl (C=O) groups is 2. The Labute approximate surface area is 198 Å². The number of halogens is 1. The fourth-order valence-corrected chi connectivity index (χ4v) is 4.05. The number of rotatable bonds is 7. The van der Waals surface area contributed by atoms with E-state index in [9.17, 15) is 9.59 Å². The highest BCUT2D eigenvalue weighted by atomic mass is 19.1. The number of nitrogens with one attached hydrogen (secondary N) is 1. The molecule has 2 aromatic heterocycles. The van der Waals surface area contributed by atoms with E-state index in [0.717, 1.165) is 11.1 Å². The van der Waals surface area contributed by atoms with Crippen LogP contribution in [-0.4, -0.2) is 33.2 Å². The largest absolute Gasteiger partial charge is 0.369 e. The third-order valence-corrected chi connectivity index (χ3v) is 6.48. The minimum atomic E-state index is -0.970. The van der Waals surface area contributed by atoms with Gasteiger partial charge in [-0.15, -0.1) is 0 Å². The monoisotopic (exact) mass is 461 g/mol. The van der Waals surface area contributed by atoms with Gasteiger partial charge in [-0.1, -0.05) is 12.1 Å². The fourth-order valence-electron chi connectivity index (χ4n) is 4.05. The van der Waals surface area contributed by atoms with Gasteiger partial charge in [0.05, 0.1) is 23.7 Å². The second-order valence-corrected chi connectivity index (χ2v) is 9.03. The zero-order valence-corrected chi connectivity index (χ0v) is 19.7. The van der Waals surface area contributed by atoms with Gasteiger partial charge in [0, 0.05) is 35.6 Å². The van der Waals surface area contributed by atoms with Gasteiger partial charge in [0.2, 0.25) is 5.91 Å². The Morgan fingerprint density at radius 2 is 1.91 bits per heavy atom. The third kappa shape index (κ3) is 4.11. The average Bonchev–Trinajstić information content (AvgIpc) is 3.15. The third-order valence-electron chi connectivity index (χ3n) is 6.48. The number of benzene rings is 1. The summed E-state index contributed by atoms with van der Waals surface area (Å²) in [6, 6.07) is 9.94. The van der Waals surface area contributed by atoms with Crippen molar-refractivity contribution in [1.82, 2.24) is 14.9 Å². The molecule has 1 atom stereocenters. The first-order chi connectivity index (χ1) is 16.1. The number of amides is 2. The van der Waals surface area contributed by atoms with E-state index in [0.29, 0.717) is 41.3 Å². The van der Waals surface area contributed by atoms with Crippen LogP contribution in [0.3, 0.4) is 0 Å². The highest BCUT2D eigenvalue weighted by Crippen LogP contribution is 2.32. The quantitative estimate of drug-likeness (QED) is 0.549. The van der Waals surface area contributed by atoms with Gasteiger partial charge in [0.25, 0.3) is 5.91 Å². The summed E-state index contributed by atoms with van der Waals surface area (Å²) in [5.41, 5.74) is 8.30. The standard InChI is InChI=1S/C26H28FN5O2/c1-5-32-14-20-19(24(32)33)9-11-30-23(20)31-15(2)16-6-7-18(21(27)12-16)17-8-10-29-22(13-17)26(3,4)25(28)34/h6-13,15H,5,14H2,1-4H3,(H2,28,34)(H,30,31)/t15-/m0/s1. The van der Waals surface area contributed by atoms with Crippen LogP contribution in [0, 0.1) is 5.82 Å². The molecule has 0 spiro atoms. The van der Waals surface area contributed by atoms with Crippen LogP contribution in [0.15, 0.2) is 48.8 Å². The van der Waals surface area contributed by atoms with E-state index in [-0.39, 0.29) is 11.9 Å². The van der Waals surface area contributed by atoms with Crippen LogP contribution in [0.4, 0.5) is 10.2 Å². The lowest BCUT2D eigenvalue weighted by molar-refractivity contribution is -0.122. The van der Waals surface area contributed by atoms with Gasteiger partial charge in [-0.25, -0.2) is 9.37 Å².